The number of alkyl halides is 17. The van der Waals surface area contributed by atoms with Gasteiger partial charge in [0.05, 0.1) is 0 Å². The van der Waals surface area contributed by atoms with Crippen molar-refractivity contribution in [3.05, 3.63) is 0 Å². The molecule has 0 aromatic heterocycles. The van der Waals surface area contributed by atoms with E-state index in [1.54, 1.807) is 0 Å². The summed E-state index contributed by atoms with van der Waals surface area (Å²) >= 11 is 100.0. The van der Waals surface area contributed by atoms with E-state index in [1.165, 1.54) is 0 Å². The second-order valence-electron chi connectivity index (χ2n) is 4.49. The van der Waals surface area contributed by atoms with Crippen molar-refractivity contribution in [2.24, 2.45) is 0 Å². The van der Waals surface area contributed by atoms with E-state index in [9.17, 15) is 5.11 Å². The van der Waals surface area contributed by atoms with E-state index in [4.69, 9.17) is 197 Å². The lowest BCUT2D eigenvalue weighted by atomic mass is 9.99. The predicted octanol–water partition coefficient (Wildman–Crippen LogP) is 9.52. The second-order valence-corrected chi connectivity index (χ2v) is 16.2. The Morgan fingerprint density at radius 2 is 0.577 bits per heavy atom. The first-order valence-electron chi connectivity index (χ1n) is 5.19. The quantitative estimate of drug-likeness (QED) is 0.281. The zero-order valence-electron chi connectivity index (χ0n) is 10.9. The molecule has 0 saturated carbocycles. The van der Waals surface area contributed by atoms with Gasteiger partial charge in [-0.25, -0.2) is 0 Å². The maximum atomic E-state index is 9.74. The summed E-state index contributed by atoms with van der Waals surface area (Å²) in [6.07, 6.45) is 0. The van der Waals surface area contributed by atoms with Crippen LogP contribution in [0, 0.1) is 0 Å². The van der Waals surface area contributed by atoms with E-state index in [-0.39, 0.29) is 0 Å². The van der Waals surface area contributed by atoms with Crippen LogP contribution in [0.2, 0.25) is 0 Å². The molecule has 0 aliphatic heterocycles. The Kier molecular flexibility index (Phi) is 10.6. The van der Waals surface area contributed by atoms with Crippen LogP contribution in [0.25, 0.3) is 0 Å². The van der Waals surface area contributed by atoms with Crippen LogP contribution in [0.3, 0.4) is 0 Å². The minimum absolute atomic E-state index is 2.78. The Hall–Kier alpha value is 4.89. The highest BCUT2D eigenvalue weighted by atomic mass is 35.6. The van der Waals surface area contributed by atoms with E-state index >= 15 is 0 Å². The Balaban J connectivity index is 6.86. The number of hydrogen-bond acceptors (Lipinski definition) is 1. The van der Waals surface area contributed by atoms with Crippen molar-refractivity contribution < 1.29 is 5.11 Å². The van der Waals surface area contributed by atoms with Crippen LogP contribution in [0.15, 0.2) is 0 Å². The number of aliphatic hydroxyl groups is 1. The smallest absolute Gasteiger partial charge is 0.251 e. The summed E-state index contributed by atoms with van der Waals surface area (Å²) in [4.78, 5) is -2.97. The molecule has 158 valence electrons. The highest BCUT2D eigenvalue weighted by Gasteiger charge is 2.82. The standard InChI is InChI=1S/C8HCl17O/c9-1(6(18,19)20,7(21,22)23)2(10,11)3(12,13)4(14,15)5(16,17)8(24,25)26/h26H. The summed E-state index contributed by atoms with van der Waals surface area (Å²) in [6, 6.07) is 0. The lowest BCUT2D eigenvalue weighted by molar-refractivity contribution is 0.181. The third-order valence-electron chi connectivity index (χ3n) is 2.77. The molecule has 0 amide bonds. The van der Waals surface area contributed by atoms with Crippen LogP contribution < -0.4 is 0 Å². The van der Waals surface area contributed by atoms with Gasteiger partial charge in [0.15, 0.2) is 17.9 Å². The maximum absolute atomic E-state index is 9.74. The fourth-order valence-corrected chi connectivity index (χ4v) is 7.39. The minimum Gasteiger partial charge on any atom is -0.360 e. The molecule has 0 heterocycles. The SMILES string of the molecule is OC(Cl)(Cl)C(Cl)(Cl)C(Cl)(Cl)C(Cl)(Cl)C(Cl)(Cl)C(Cl)(C(Cl)(Cl)Cl)C(Cl)(Cl)Cl. The van der Waals surface area contributed by atoms with Crippen molar-refractivity contribution in [2.75, 3.05) is 0 Å². The Morgan fingerprint density at radius 1 is 0.346 bits per heavy atom. The highest BCUT2D eigenvalue weighted by molar-refractivity contribution is 6.83. The van der Waals surface area contributed by atoms with Crippen molar-refractivity contribution in [3.8, 4) is 0 Å². The first-order valence-corrected chi connectivity index (χ1v) is 11.6. The van der Waals surface area contributed by atoms with Crippen LogP contribution >= 0.6 is 197 Å². The van der Waals surface area contributed by atoms with E-state index in [0.29, 0.717) is 0 Å². The minimum atomic E-state index is -3.09. The lowest BCUT2D eigenvalue weighted by Crippen LogP contribution is -2.72. The average Bonchev–Trinajstić information content (AvgIpc) is 2.32. The molecule has 0 aromatic carbocycles. The van der Waals surface area contributed by atoms with Gasteiger partial charge in [-0.1, -0.05) is 186 Å². The molecule has 0 saturated heterocycles. The van der Waals surface area contributed by atoms with Crippen LogP contribution in [-0.2, 0) is 0 Å². The first kappa shape index (κ1) is 30.9. The van der Waals surface area contributed by atoms with Crippen molar-refractivity contribution in [1.29, 1.82) is 0 Å². The Labute approximate surface area is 233 Å². The fraction of sp³-hybridized carbons (Fsp3) is 1.00. The molecule has 0 fully saturated rings. The summed E-state index contributed by atoms with van der Waals surface area (Å²) in [5.41, 5.74) is 0. The molecular formula is C8HCl17O. The molecule has 26 heavy (non-hydrogen) atoms. The van der Waals surface area contributed by atoms with Gasteiger partial charge in [-0.3, -0.25) is 0 Å². The van der Waals surface area contributed by atoms with Crippen molar-refractivity contribution in [3.63, 3.8) is 0 Å². The number of rotatable bonds is 5. The van der Waals surface area contributed by atoms with Gasteiger partial charge in [0.1, 0.15) is 0 Å². The van der Waals surface area contributed by atoms with E-state index in [0.717, 1.165) is 0 Å². The molecule has 0 unspecified atom stereocenters. The van der Waals surface area contributed by atoms with Crippen LogP contribution in [-0.4, -0.2) is 39.4 Å². The molecule has 1 nitrogen and oxygen atoms in total. The van der Waals surface area contributed by atoms with Crippen molar-refractivity contribution in [1.82, 2.24) is 0 Å². The number of hydrogen-bond donors (Lipinski definition) is 1. The van der Waals surface area contributed by atoms with Crippen molar-refractivity contribution >= 4 is 197 Å². The normalized spacial score (nSPS) is 16.8. The van der Waals surface area contributed by atoms with E-state index < -0.39 is 34.3 Å². The zero-order valence-corrected chi connectivity index (χ0v) is 23.7. The summed E-state index contributed by atoms with van der Waals surface area (Å²) in [6.45, 7) is 0. The Morgan fingerprint density at radius 3 is 0.769 bits per heavy atom. The largest absolute Gasteiger partial charge is 0.360 e. The van der Waals surface area contributed by atoms with Crippen molar-refractivity contribution in [2.45, 2.75) is 34.3 Å². The molecule has 0 radical (unpaired) electrons. The molecule has 18 heteroatoms. The highest BCUT2D eigenvalue weighted by Crippen LogP contribution is 2.73. The molecule has 0 aliphatic carbocycles. The average molecular weight is 716 g/mol. The monoisotopic (exact) mass is 707 g/mol. The summed E-state index contributed by atoms with van der Waals surface area (Å²) < 4.78 is -20.9. The van der Waals surface area contributed by atoms with E-state index in [1.807, 2.05) is 0 Å². The molecule has 0 bridgehead atoms. The molecule has 0 aromatic rings. The number of halogens is 17. The van der Waals surface area contributed by atoms with Gasteiger partial charge in [-0.15, -0.1) is 11.6 Å². The molecular weight excluding hydrogens is 715 g/mol. The van der Waals surface area contributed by atoms with Crippen LogP contribution in [0.5, 0.6) is 0 Å². The molecule has 0 atom stereocenters. The van der Waals surface area contributed by atoms with Gasteiger partial charge in [0, 0.05) is 0 Å². The summed E-state index contributed by atoms with van der Waals surface area (Å²) in [5, 5.41) is 9.74. The molecule has 0 rings (SSSR count). The van der Waals surface area contributed by atoms with Crippen LogP contribution in [0.1, 0.15) is 0 Å². The predicted molar refractivity (Wildman–Crippen MR) is 124 cm³/mol. The van der Waals surface area contributed by atoms with E-state index in [2.05, 4.69) is 0 Å². The van der Waals surface area contributed by atoms with Gasteiger partial charge in [-0.2, -0.15) is 0 Å². The summed E-state index contributed by atoms with van der Waals surface area (Å²) in [7, 11) is 0. The lowest BCUT2D eigenvalue weighted by Gasteiger charge is -2.55. The third kappa shape index (κ3) is 4.88. The summed E-state index contributed by atoms with van der Waals surface area (Å²) in [5.74, 6) is 0. The topological polar surface area (TPSA) is 20.2 Å². The van der Waals surface area contributed by atoms with Gasteiger partial charge >= 0.3 is 0 Å². The van der Waals surface area contributed by atoms with Gasteiger partial charge in [-0.05, 0) is 0 Å². The van der Waals surface area contributed by atoms with Crippen LogP contribution in [0.4, 0.5) is 0 Å². The second kappa shape index (κ2) is 8.92. The van der Waals surface area contributed by atoms with Gasteiger partial charge in [0.25, 0.3) is 4.52 Å². The third-order valence-corrected chi connectivity index (χ3v) is 12.7. The molecule has 0 spiro atoms. The van der Waals surface area contributed by atoms with Gasteiger partial charge in [0.2, 0.25) is 11.9 Å². The Bertz CT molecular complexity index is 504. The molecule has 1 N–H and O–H groups in total. The maximum Gasteiger partial charge on any atom is 0.251 e. The first-order chi connectivity index (χ1) is 10.8. The fourth-order valence-electron chi connectivity index (χ4n) is 1.32. The zero-order chi connectivity index (χ0) is 22.0. The van der Waals surface area contributed by atoms with Gasteiger partial charge < -0.3 is 5.11 Å². The molecule has 0 aliphatic rings.